The minimum absolute atomic E-state index is 0.150. The van der Waals surface area contributed by atoms with Crippen molar-refractivity contribution in [2.45, 2.75) is 31.7 Å². The van der Waals surface area contributed by atoms with Crippen LogP contribution in [-0.4, -0.2) is 16.4 Å². The highest BCUT2D eigenvalue weighted by Crippen LogP contribution is 2.41. The molecule has 1 aromatic carbocycles. The fourth-order valence-electron chi connectivity index (χ4n) is 2.47. The van der Waals surface area contributed by atoms with E-state index in [9.17, 15) is 13.2 Å². The molecule has 2 heterocycles. The zero-order valence-electron chi connectivity index (χ0n) is 10.8. The summed E-state index contributed by atoms with van der Waals surface area (Å²) in [7, 11) is 0. The lowest BCUT2D eigenvalue weighted by Gasteiger charge is -2.23. The van der Waals surface area contributed by atoms with Crippen LogP contribution in [0.5, 0.6) is 0 Å². The number of ether oxygens (including phenoxy) is 1. The van der Waals surface area contributed by atoms with E-state index in [1.165, 1.54) is 0 Å². The first-order chi connectivity index (χ1) is 9.89. The lowest BCUT2D eigenvalue weighted by atomic mass is 10.1. The smallest absolute Gasteiger partial charge is 0.356 e. The van der Waals surface area contributed by atoms with Crippen LogP contribution in [0, 0.1) is 3.57 Å². The maximum absolute atomic E-state index is 13.2. The average molecular weight is 475 g/mol. The molecule has 0 amide bonds. The lowest BCUT2D eigenvalue weighted by molar-refractivity contribution is -0.138. The van der Waals surface area contributed by atoms with Gasteiger partial charge in [-0.1, -0.05) is 0 Å². The summed E-state index contributed by atoms with van der Waals surface area (Å²) in [6, 6.07) is 1.16. The number of aromatic nitrogens is 2. The topological polar surface area (TPSA) is 27.1 Å². The summed E-state index contributed by atoms with van der Waals surface area (Å²) in [5.74, 6) is 0. The van der Waals surface area contributed by atoms with Crippen molar-refractivity contribution in [2.24, 2.45) is 0 Å². The van der Waals surface area contributed by atoms with Crippen molar-refractivity contribution in [3.05, 3.63) is 25.9 Å². The maximum atomic E-state index is 13.2. The first-order valence-electron chi connectivity index (χ1n) is 6.43. The number of halogens is 5. The Labute approximate surface area is 141 Å². The van der Waals surface area contributed by atoms with E-state index in [2.05, 4.69) is 21.0 Å². The third-order valence-electron chi connectivity index (χ3n) is 3.51. The van der Waals surface area contributed by atoms with Crippen molar-refractivity contribution in [1.29, 1.82) is 0 Å². The third-order valence-corrected chi connectivity index (χ3v) is 6.20. The molecule has 1 aliphatic rings. The second-order valence-corrected chi connectivity index (χ2v) is 6.76. The zero-order chi connectivity index (χ0) is 15.2. The molecule has 1 fully saturated rings. The van der Waals surface area contributed by atoms with Gasteiger partial charge in [0.15, 0.2) is 6.23 Å². The summed E-state index contributed by atoms with van der Waals surface area (Å²) in [6.45, 7) is 0.615. The molecule has 1 atom stereocenters. The van der Waals surface area contributed by atoms with Gasteiger partial charge in [0.25, 0.3) is 0 Å². The molecule has 1 aliphatic heterocycles. The number of fused-ring (bicyclic) bond motifs is 1. The predicted octanol–water partition coefficient (Wildman–Crippen LogP) is 5.12. The van der Waals surface area contributed by atoms with Gasteiger partial charge in [-0.2, -0.15) is 18.3 Å². The molecular formula is C13H11BrF3IN2O. The zero-order valence-corrected chi connectivity index (χ0v) is 14.5. The number of alkyl halides is 3. The fraction of sp³-hybridized carbons (Fsp3) is 0.462. The van der Waals surface area contributed by atoms with E-state index in [0.29, 0.717) is 22.0 Å². The highest BCUT2D eigenvalue weighted by Gasteiger charge is 2.35. The van der Waals surface area contributed by atoms with Crippen LogP contribution in [0.1, 0.15) is 31.1 Å². The summed E-state index contributed by atoms with van der Waals surface area (Å²) in [5.41, 5.74) is -0.207. The summed E-state index contributed by atoms with van der Waals surface area (Å²) >= 11 is 4.97. The summed E-state index contributed by atoms with van der Waals surface area (Å²) in [6.07, 6.45) is -0.365. The highest BCUT2D eigenvalue weighted by molar-refractivity contribution is 14.1. The van der Waals surface area contributed by atoms with Crippen LogP contribution in [0.2, 0.25) is 0 Å². The van der Waals surface area contributed by atoms with E-state index < -0.39 is 11.7 Å². The van der Waals surface area contributed by atoms with Gasteiger partial charge < -0.3 is 4.74 Å². The molecule has 0 N–H and O–H groups in total. The average Bonchev–Trinajstić information content (AvgIpc) is 2.86. The molecule has 21 heavy (non-hydrogen) atoms. The van der Waals surface area contributed by atoms with Gasteiger partial charge in [0, 0.05) is 20.0 Å². The van der Waals surface area contributed by atoms with Crippen molar-refractivity contribution < 1.29 is 17.9 Å². The predicted molar refractivity (Wildman–Crippen MR) is 84.0 cm³/mol. The Bertz CT molecular complexity index is 680. The minimum atomic E-state index is -4.39. The summed E-state index contributed by atoms with van der Waals surface area (Å²) in [4.78, 5) is 0. The second-order valence-electron chi connectivity index (χ2n) is 4.89. The number of hydrogen-bond acceptors (Lipinski definition) is 2. The van der Waals surface area contributed by atoms with E-state index in [-0.39, 0.29) is 9.80 Å². The third kappa shape index (κ3) is 2.81. The second kappa shape index (κ2) is 5.69. The summed E-state index contributed by atoms with van der Waals surface area (Å²) < 4.78 is 47.2. The number of rotatable bonds is 1. The summed E-state index contributed by atoms with van der Waals surface area (Å²) in [5, 5.41) is 4.90. The van der Waals surface area contributed by atoms with Crippen molar-refractivity contribution >= 4 is 49.4 Å². The molecule has 0 radical (unpaired) electrons. The molecule has 8 heteroatoms. The minimum Gasteiger partial charge on any atom is -0.356 e. The Morgan fingerprint density at radius 3 is 2.76 bits per heavy atom. The van der Waals surface area contributed by atoms with Crippen molar-refractivity contribution in [2.75, 3.05) is 6.61 Å². The van der Waals surface area contributed by atoms with Gasteiger partial charge in [-0.3, -0.25) is 0 Å². The normalized spacial score (nSPS) is 20.1. The van der Waals surface area contributed by atoms with E-state index >= 15 is 0 Å². The molecule has 0 aliphatic carbocycles. The van der Waals surface area contributed by atoms with E-state index in [1.54, 1.807) is 33.5 Å². The number of hydrogen-bond donors (Lipinski definition) is 0. The molecule has 2 aromatic rings. The first-order valence-corrected chi connectivity index (χ1v) is 8.31. The highest BCUT2D eigenvalue weighted by atomic mass is 127. The van der Waals surface area contributed by atoms with Crippen LogP contribution >= 0.6 is 38.5 Å². The van der Waals surface area contributed by atoms with Crippen molar-refractivity contribution in [1.82, 2.24) is 9.78 Å². The Balaban J connectivity index is 2.18. The van der Waals surface area contributed by atoms with Gasteiger partial charge >= 0.3 is 6.18 Å². The van der Waals surface area contributed by atoms with Crippen LogP contribution in [0.25, 0.3) is 10.9 Å². The van der Waals surface area contributed by atoms with E-state index in [1.807, 2.05) is 0 Å². The Morgan fingerprint density at radius 2 is 2.14 bits per heavy atom. The molecule has 3 rings (SSSR count). The van der Waals surface area contributed by atoms with Crippen LogP contribution in [0.4, 0.5) is 13.2 Å². The number of nitrogens with zero attached hydrogens (tertiary/aromatic N) is 2. The Morgan fingerprint density at radius 1 is 1.38 bits per heavy atom. The van der Waals surface area contributed by atoms with Crippen LogP contribution in [-0.2, 0) is 10.9 Å². The Hall–Kier alpha value is -0.350. The molecule has 1 unspecified atom stereocenters. The van der Waals surface area contributed by atoms with Gasteiger partial charge in [0.05, 0.1) is 17.3 Å². The van der Waals surface area contributed by atoms with Crippen LogP contribution in [0.3, 0.4) is 0 Å². The molecule has 114 valence electrons. The van der Waals surface area contributed by atoms with Gasteiger partial charge in [-0.25, -0.2) is 4.68 Å². The van der Waals surface area contributed by atoms with Crippen LogP contribution < -0.4 is 0 Å². The monoisotopic (exact) mass is 474 g/mol. The molecule has 0 bridgehead atoms. The molecule has 1 aromatic heterocycles. The fourth-order valence-corrected chi connectivity index (χ4v) is 3.74. The number of benzene rings is 1. The van der Waals surface area contributed by atoms with Crippen molar-refractivity contribution in [3.8, 4) is 0 Å². The van der Waals surface area contributed by atoms with Gasteiger partial charge in [0.1, 0.15) is 0 Å². The first kappa shape index (κ1) is 15.5. The van der Waals surface area contributed by atoms with Gasteiger partial charge in [-0.05, 0) is 63.8 Å². The maximum Gasteiger partial charge on any atom is 0.417 e. The van der Waals surface area contributed by atoms with Crippen LogP contribution in [0.15, 0.2) is 16.7 Å². The molecule has 3 nitrogen and oxygen atoms in total. The molecule has 0 spiro atoms. The quantitative estimate of drug-likeness (QED) is 0.536. The molecular weight excluding hydrogens is 464 g/mol. The molecule has 0 saturated carbocycles. The molecule has 1 saturated heterocycles. The Kier molecular flexibility index (Phi) is 4.21. The lowest BCUT2D eigenvalue weighted by Crippen LogP contribution is -2.19. The van der Waals surface area contributed by atoms with Gasteiger partial charge in [0.2, 0.25) is 0 Å². The SMILES string of the molecule is FC(F)(F)c1cc2c(cnn2C2CCCCO2)c(Br)c1I. The van der Waals surface area contributed by atoms with Gasteiger partial charge in [-0.15, -0.1) is 0 Å². The standard InChI is InChI=1S/C13H11BrF3IN2O/c14-11-7-6-19-20(10-3-1-2-4-21-10)9(7)5-8(12(11)18)13(15,16)17/h5-6,10H,1-4H2. The largest absolute Gasteiger partial charge is 0.417 e. The van der Waals surface area contributed by atoms with E-state index in [4.69, 9.17) is 4.74 Å². The van der Waals surface area contributed by atoms with Crippen molar-refractivity contribution in [3.63, 3.8) is 0 Å². The van der Waals surface area contributed by atoms with E-state index in [0.717, 1.165) is 25.3 Å².